The molecule has 9 nitrogen and oxygen atoms in total. The number of benzene rings is 2. The average Bonchev–Trinajstić information content (AvgIpc) is 3.17. The van der Waals surface area contributed by atoms with Crippen LogP contribution >= 0.6 is 0 Å². The van der Waals surface area contributed by atoms with Gasteiger partial charge in [0.2, 0.25) is 5.91 Å². The number of alkyl carbamates (subject to hydrolysis) is 1. The van der Waals surface area contributed by atoms with Gasteiger partial charge in [0.15, 0.2) is 0 Å². The Labute approximate surface area is 217 Å². The van der Waals surface area contributed by atoms with E-state index in [1.165, 1.54) is 0 Å². The number of carbonyl (C=O) groups is 3. The zero-order valence-corrected chi connectivity index (χ0v) is 21.7. The lowest BCUT2D eigenvalue weighted by Crippen LogP contribution is -2.54. The van der Waals surface area contributed by atoms with Crippen LogP contribution in [-0.4, -0.2) is 60.5 Å². The molecule has 9 heteroatoms. The summed E-state index contributed by atoms with van der Waals surface area (Å²) in [5.74, 6) is -1.94. The number of fused-ring (bicyclic) bond motifs is 3. The van der Waals surface area contributed by atoms with Crippen LogP contribution in [0, 0.1) is 0 Å². The summed E-state index contributed by atoms with van der Waals surface area (Å²) >= 11 is 0. The number of hydrogen-bond donors (Lipinski definition) is 4. The van der Waals surface area contributed by atoms with E-state index in [-0.39, 0.29) is 25.6 Å². The van der Waals surface area contributed by atoms with Crippen LogP contribution in [0.25, 0.3) is 11.1 Å². The molecule has 0 unspecified atom stereocenters. The lowest BCUT2D eigenvalue weighted by atomic mass is 9.98. The molecule has 2 atom stereocenters. The lowest BCUT2D eigenvalue weighted by molar-refractivity contribution is -0.142. The molecule has 200 valence electrons. The molecule has 2 amide bonds. The van der Waals surface area contributed by atoms with E-state index in [2.05, 4.69) is 10.6 Å². The maximum absolute atomic E-state index is 13.0. The Morgan fingerprint density at radius 2 is 1.54 bits per heavy atom. The molecule has 3 rings (SSSR count). The van der Waals surface area contributed by atoms with Crippen LogP contribution < -0.4 is 16.4 Å². The third-order valence-electron chi connectivity index (χ3n) is 6.20. The molecule has 0 fully saturated rings. The van der Waals surface area contributed by atoms with Gasteiger partial charge in [-0.2, -0.15) is 0 Å². The minimum Gasteiger partial charge on any atom is -0.480 e. The molecule has 0 aliphatic heterocycles. The number of ether oxygens (including phenoxy) is 2. The molecule has 0 spiro atoms. The van der Waals surface area contributed by atoms with Gasteiger partial charge < -0.3 is 30.9 Å². The molecule has 2 aromatic carbocycles. The number of carboxylic acids is 1. The van der Waals surface area contributed by atoms with Gasteiger partial charge in [-0.15, -0.1) is 0 Å². The highest BCUT2D eigenvalue weighted by molar-refractivity contribution is 5.89. The summed E-state index contributed by atoms with van der Waals surface area (Å²) in [6.07, 6.45) is 0.649. The summed E-state index contributed by atoms with van der Waals surface area (Å²) in [5.41, 5.74) is 9.28. The summed E-state index contributed by atoms with van der Waals surface area (Å²) in [7, 11) is 0. The molecule has 37 heavy (non-hydrogen) atoms. The van der Waals surface area contributed by atoms with E-state index >= 15 is 0 Å². The van der Waals surface area contributed by atoms with Crippen LogP contribution in [0.15, 0.2) is 48.5 Å². The topological polar surface area (TPSA) is 140 Å². The van der Waals surface area contributed by atoms with E-state index in [9.17, 15) is 19.5 Å². The molecule has 0 heterocycles. The third kappa shape index (κ3) is 7.77. The standard InChI is InChI=1S/C28H37N3O6/c1-28(2,3)37-17-24(25(32)30-23(26(33)34)14-8-9-15-29)31-27(35)36-16-22-20-12-6-4-10-18(20)19-11-5-7-13-21(19)22/h4-7,10-13,22-24H,8-9,14-17,29H2,1-3H3,(H,30,32)(H,31,35)(H,33,34)/t23-,24-/m0/s1. The van der Waals surface area contributed by atoms with Crippen molar-refractivity contribution >= 4 is 18.0 Å². The first kappa shape index (κ1) is 28.1. The summed E-state index contributed by atoms with van der Waals surface area (Å²) < 4.78 is 11.3. The van der Waals surface area contributed by atoms with Gasteiger partial charge in [0.1, 0.15) is 18.7 Å². The predicted octanol–water partition coefficient (Wildman–Crippen LogP) is 3.41. The molecule has 0 bridgehead atoms. The molecule has 0 radical (unpaired) electrons. The van der Waals surface area contributed by atoms with E-state index in [0.717, 1.165) is 22.3 Å². The van der Waals surface area contributed by atoms with Gasteiger partial charge >= 0.3 is 12.1 Å². The fraction of sp³-hybridized carbons (Fsp3) is 0.464. The Morgan fingerprint density at radius 3 is 2.08 bits per heavy atom. The van der Waals surface area contributed by atoms with Crippen molar-refractivity contribution in [3.8, 4) is 11.1 Å². The van der Waals surface area contributed by atoms with Gasteiger partial charge in [0, 0.05) is 5.92 Å². The number of rotatable bonds is 12. The lowest BCUT2D eigenvalue weighted by Gasteiger charge is -2.26. The molecule has 0 aromatic heterocycles. The summed E-state index contributed by atoms with van der Waals surface area (Å²) in [5, 5.41) is 14.6. The second kappa shape index (κ2) is 12.7. The van der Waals surface area contributed by atoms with Crippen molar-refractivity contribution in [2.45, 2.75) is 63.6 Å². The summed E-state index contributed by atoms with van der Waals surface area (Å²) in [6.45, 7) is 5.85. The van der Waals surface area contributed by atoms with E-state index in [0.29, 0.717) is 19.4 Å². The van der Waals surface area contributed by atoms with Crippen LogP contribution in [-0.2, 0) is 19.1 Å². The van der Waals surface area contributed by atoms with Gasteiger partial charge in [0.25, 0.3) is 0 Å². The number of carbonyl (C=O) groups excluding carboxylic acids is 2. The fourth-order valence-electron chi connectivity index (χ4n) is 4.32. The van der Waals surface area contributed by atoms with Crippen molar-refractivity contribution < 1.29 is 29.0 Å². The molecule has 5 N–H and O–H groups in total. The fourth-order valence-corrected chi connectivity index (χ4v) is 4.32. The maximum atomic E-state index is 13.0. The Bertz CT molecular complexity index is 1050. The smallest absolute Gasteiger partial charge is 0.407 e. The van der Waals surface area contributed by atoms with Crippen LogP contribution in [0.3, 0.4) is 0 Å². The average molecular weight is 512 g/mol. The van der Waals surface area contributed by atoms with Crippen molar-refractivity contribution in [2.75, 3.05) is 19.8 Å². The van der Waals surface area contributed by atoms with E-state index in [4.69, 9.17) is 15.2 Å². The Balaban J connectivity index is 1.66. The molecule has 1 aliphatic carbocycles. The number of carboxylic acid groups (broad SMARTS) is 1. The molecular weight excluding hydrogens is 474 g/mol. The van der Waals surface area contributed by atoms with Crippen molar-refractivity contribution in [2.24, 2.45) is 5.73 Å². The minimum absolute atomic E-state index is 0.0885. The quantitative estimate of drug-likeness (QED) is 0.320. The predicted molar refractivity (Wildman–Crippen MR) is 140 cm³/mol. The highest BCUT2D eigenvalue weighted by atomic mass is 16.5. The number of amides is 2. The number of nitrogens with two attached hydrogens (primary N) is 1. The van der Waals surface area contributed by atoms with Gasteiger partial charge in [0.05, 0.1) is 12.2 Å². The Morgan fingerprint density at radius 1 is 0.946 bits per heavy atom. The highest BCUT2D eigenvalue weighted by Gasteiger charge is 2.31. The Hall–Kier alpha value is -3.43. The maximum Gasteiger partial charge on any atom is 0.407 e. The van der Waals surface area contributed by atoms with Crippen molar-refractivity contribution in [1.82, 2.24) is 10.6 Å². The summed E-state index contributed by atoms with van der Waals surface area (Å²) in [4.78, 5) is 37.4. The van der Waals surface area contributed by atoms with E-state index < -0.39 is 35.7 Å². The monoisotopic (exact) mass is 511 g/mol. The first-order valence-corrected chi connectivity index (χ1v) is 12.6. The SMILES string of the molecule is CC(C)(C)OC[C@H](NC(=O)OCC1c2ccccc2-c2ccccc21)C(=O)N[C@@H](CCCCN)C(=O)O. The molecular formula is C28H37N3O6. The molecule has 0 saturated carbocycles. The second-order valence-electron chi connectivity index (χ2n) is 10.1. The zero-order chi connectivity index (χ0) is 27.0. The zero-order valence-electron chi connectivity index (χ0n) is 21.7. The summed E-state index contributed by atoms with van der Waals surface area (Å²) in [6, 6.07) is 13.8. The minimum atomic E-state index is -1.15. The third-order valence-corrected chi connectivity index (χ3v) is 6.20. The van der Waals surface area contributed by atoms with Crippen molar-refractivity contribution in [3.05, 3.63) is 59.7 Å². The van der Waals surface area contributed by atoms with Crippen LogP contribution in [0.2, 0.25) is 0 Å². The van der Waals surface area contributed by atoms with E-state index in [1.54, 1.807) is 0 Å². The van der Waals surface area contributed by atoms with Gasteiger partial charge in [-0.3, -0.25) is 4.79 Å². The van der Waals surface area contributed by atoms with Gasteiger partial charge in [-0.25, -0.2) is 9.59 Å². The van der Waals surface area contributed by atoms with Gasteiger partial charge in [-0.1, -0.05) is 48.5 Å². The normalized spacial score (nSPS) is 14.3. The Kier molecular flexibility index (Phi) is 9.66. The number of unbranched alkanes of at least 4 members (excludes halogenated alkanes) is 1. The van der Waals surface area contributed by atoms with Crippen LogP contribution in [0.5, 0.6) is 0 Å². The first-order chi connectivity index (χ1) is 17.6. The largest absolute Gasteiger partial charge is 0.480 e. The van der Waals surface area contributed by atoms with Gasteiger partial charge in [-0.05, 0) is 68.8 Å². The molecule has 0 saturated heterocycles. The molecule has 2 aromatic rings. The van der Waals surface area contributed by atoms with Crippen LogP contribution in [0.4, 0.5) is 4.79 Å². The number of nitrogens with one attached hydrogen (secondary N) is 2. The van der Waals surface area contributed by atoms with Crippen molar-refractivity contribution in [1.29, 1.82) is 0 Å². The van der Waals surface area contributed by atoms with E-state index in [1.807, 2.05) is 69.3 Å². The number of aliphatic carboxylic acids is 1. The van der Waals surface area contributed by atoms with Crippen LogP contribution in [0.1, 0.15) is 57.1 Å². The first-order valence-electron chi connectivity index (χ1n) is 12.6. The highest BCUT2D eigenvalue weighted by Crippen LogP contribution is 2.44. The second-order valence-corrected chi connectivity index (χ2v) is 10.1. The molecule has 1 aliphatic rings. The van der Waals surface area contributed by atoms with Crippen molar-refractivity contribution in [3.63, 3.8) is 0 Å². The number of hydrogen-bond acceptors (Lipinski definition) is 6.